The number of rotatable bonds is 9. The van der Waals surface area contributed by atoms with Gasteiger partial charge in [0.1, 0.15) is 0 Å². The Balaban J connectivity index is 2.11. The number of nitrogens with one attached hydrogen (secondary N) is 1. The minimum atomic E-state index is -0.359. The zero-order valence-corrected chi connectivity index (χ0v) is 18.4. The summed E-state index contributed by atoms with van der Waals surface area (Å²) in [6.45, 7) is 2.66. The Morgan fingerprint density at radius 2 is 1.79 bits per heavy atom. The molecule has 150 valence electrons. The number of halogens is 1. The van der Waals surface area contributed by atoms with Crippen LogP contribution in [-0.4, -0.2) is 40.1 Å². The number of amides is 1. The molecule has 1 amide bonds. The van der Waals surface area contributed by atoms with Crippen molar-refractivity contribution in [3.8, 4) is 23.0 Å². The van der Waals surface area contributed by atoms with Gasteiger partial charge in [0.15, 0.2) is 23.0 Å². The van der Waals surface area contributed by atoms with Crippen LogP contribution in [0, 0.1) is 3.57 Å². The molecule has 0 spiro atoms. The lowest BCUT2D eigenvalue weighted by Gasteiger charge is -2.12. The summed E-state index contributed by atoms with van der Waals surface area (Å²) in [5.41, 5.74) is 3.69. The minimum absolute atomic E-state index is 0.359. The molecular weight excluding hydrogens is 475 g/mol. The monoisotopic (exact) mass is 498 g/mol. The van der Waals surface area contributed by atoms with E-state index in [2.05, 4.69) is 33.1 Å². The van der Waals surface area contributed by atoms with Crippen LogP contribution in [0.25, 0.3) is 0 Å². The first-order valence-corrected chi connectivity index (χ1v) is 9.67. The highest BCUT2D eigenvalue weighted by atomic mass is 127. The van der Waals surface area contributed by atoms with E-state index in [4.69, 9.17) is 18.9 Å². The van der Waals surface area contributed by atoms with Gasteiger partial charge in [0.05, 0.1) is 37.7 Å². The molecule has 0 saturated heterocycles. The van der Waals surface area contributed by atoms with Crippen LogP contribution in [0.3, 0.4) is 0 Å². The van der Waals surface area contributed by atoms with E-state index in [0.717, 1.165) is 15.6 Å². The van der Waals surface area contributed by atoms with Crippen molar-refractivity contribution in [2.24, 2.45) is 5.10 Å². The second kappa shape index (κ2) is 10.7. The average Bonchev–Trinajstić information content (AvgIpc) is 2.71. The highest BCUT2D eigenvalue weighted by Gasteiger charge is 2.12. The van der Waals surface area contributed by atoms with Crippen molar-refractivity contribution in [1.82, 2.24) is 5.43 Å². The molecular formula is C20H23IN2O5. The molecule has 8 heteroatoms. The first-order chi connectivity index (χ1) is 13.5. The number of nitrogens with zero attached hydrogens (tertiary/aromatic N) is 1. The number of methoxy groups -OCH3 is 3. The summed E-state index contributed by atoms with van der Waals surface area (Å²) >= 11 is 2.18. The second-order valence-electron chi connectivity index (χ2n) is 5.65. The number of benzene rings is 2. The van der Waals surface area contributed by atoms with Gasteiger partial charge in [0.25, 0.3) is 5.91 Å². The quantitative estimate of drug-likeness (QED) is 0.323. The van der Waals surface area contributed by atoms with Crippen molar-refractivity contribution in [3.63, 3.8) is 0 Å². The van der Waals surface area contributed by atoms with Gasteiger partial charge in [0.2, 0.25) is 0 Å². The average molecular weight is 498 g/mol. The summed E-state index contributed by atoms with van der Waals surface area (Å²) < 4.78 is 22.4. The Bertz CT molecular complexity index is 855. The highest BCUT2D eigenvalue weighted by molar-refractivity contribution is 14.1. The first-order valence-electron chi connectivity index (χ1n) is 8.59. The molecule has 0 fully saturated rings. The van der Waals surface area contributed by atoms with Crippen LogP contribution in [0.4, 0.5) is 0 Å². The van der Waals surface area contributed by atoms with E-state index < -0.39 is 0 Å². The Morgan fingerprint density at radius 3 is 2.43 bits per heavy atom. The number of carbonyl (C=O) groups excluding carboxylic acids is 1. The van der Waals surface area contributed by atoms with Crippen LogP contribution in [-0.2, 0) is 0 Å². The molecule has 0 aliphatic carbocycles. The molecule has 2 aromatic carbocycles. The van der Waals surface area contributed by atoms with E-state index in [0.29, 0.717) is 35.2 Å². The number of hydrazone groups is 1. The van der Waals surface area contributed by atoms with Crippen molar-refractivity contribution < 1.29 is 23.7 Å². The van der Waals surface area contributed by atoms with Gasteiger partial charge in [0, 0.05) is 5.56 Å². The Morgan fingerprint density at radius 1 is 1.07 bits per heavy atom. The summed E-state index contributed by atoms with van der Waals surface area (Å²) in [6.07, 6.45) is 2.46. The lowest BCUT2D eigenvalue weighted by atomic mass is 10.2. The third-order valence-corrected chi connectivity index (χ3v) is 4.53. The predicted molar refractivity (Wildman–Crippen MR) is 116 cm³/mol. The van der Waals surface area contributed by atoms with Crippen LogP contribution in [0.1, 0.15) is 29.3 Å². The lowest BCUT2D eigenvalue weighted by molar-refractivity contribution is 0.0954. The maximum atomic E-state index is 12.3. The van der Waals surface area contributed by atoms with Gasteiger partial charge in [-0.05, 0) is 64.9 Å². The van der Waals surface area contributed by atoms with Gasteiger partial charge in [-0.3, -0.25) is 4.79 Å². The van der Waals surface area contributed by atoms with E-state index in [1.807, 2.05) is 13.0 Å². The van der Waals surface area contributed by atoms with Gasteiger partial charge < -0.3 is 18.9 Å². The molecule has 2 rings (SSSR count). The van der Waals surface area contributed by atoms with Crippen molar-refractivity contribution in [2.75, 3.05) is 27.9 Å². The maximum Gasteiger partial charge on any atom is 0.271 e. The summed E-state index contributed by atoms with van der Waals surface area (Å²) in [5.74, 6) is 1.99. The standard InChI is InChI=1S/C20H23IN2O5/c1-5-8-28-19-15(21)9-13(10-18(19)27-4)12-22-23-20(24)14-6-7-16(25-2)17(11-14)26-3/h6-7,9-12H,5,8H2,1-4H3,(H,23,24)/b22-12+. The summed E-state index contributed by atoms with van der Waals surface area (Å²) in [4.78, 5) is 12.3. The van der Waals surface area contributed by atoms with E-state index in [-0.39, 0.29) is 5.91 Å². The summed E-state index contributed by atoms with van der Waals surface area (Å²) in [6, 6.07) is 8.60. The fourth-order valence-corrected chi connectivity index (χ4v) is 3.15. The van der Waals surface area contributed by atoms with Crippen molar-refractivity contribution in [1.29, 1.82) is 0 Å². The topological polar surface area (TPSA) is 78.4 Å². The number of carbonyl (C=O) groups is 1. The minimum Gasteiger partial charge on any atom is -0.493 e. The third-order valence-electron chi connectivity index (χ3n) is 3.73. The number of hydrogen-bond donors (Lipinski definition) is 1. The van der Waals surface area contributed by atoms with E-state index >= 15 is 0 Å². The molecule has 0 saturated carbocycles. The molecule has 0 aliphatic rings. The van der Waals surface area contributed by atoms with Gasteiger partial charge in [-0.2, -0.15) is 5.10 Å². The second-order valence-corrected chi connectivity index (χ2v) is 6.81. The Hall–Kier alpha value is -2.49. The molecule has 0 radical (unpaired) electrons. The molecule has 1 N–H and O–H groups in total. The first kappa shape index (κ1) is 21.8. The normalized spacial score (nSPS) is 10.6. The fourth-order valence-electron chi connectivity index (χ4n) is 2.37. The molecule has 7 nitrogen and oxygen atoms in total. The van der Waals surface area contributed by atoms with Gasteiger partial charge in [-0.25, -0.2) is 5.43 Å². The van der Waals surface area contributed by atoms with Crippen LogP contribution < -0.4 is 24.4 Å². The zero-order chi connectivity index (χ0) is 20.5. The molecule has 0 unspecified atom stereocenters. The van der Waals surface area contributed by atoms with Crippen LogP contribution >= 0.6 is 22.6 Å². The van der Waals surface area contributed by atoms with Gasteiger partial charge in [-0.1, -0.05) is 6.92 Å². The molecule has 0 aliphatic heterocycles. The molecule has 28 heavy (non-hydrogen) atoms. The SMILES string of the molecule is CCCOc1c(I)cc(/C=N/NC(=O)c2ccc(OC)c(OC)c2)cc1OC. The number of ether oxygens (including phenoxy) is 4. The summed E-state index contributed by atoms with van der Waals surface area (Å²) in [5, 5.41) is 4.03. The molecule has 0 bridgehead atoms. The lowest BCUT2D eigenvalue weighted by Crippen LogP contribution is -2.17. The van der Waals surface area contributed by atoms with E-state index in [1.165, 1.54) is 14.2 Å². The smallest absolute Gasteiger partial charge is 0.271 e. The third kappa shape index (κ3) is 5.51. The van der Waals surface area contributed by atoms with Crippen molar-refractivity contribution in [3.05, 3.63) is 45.0 Å². The van der Waals surface area contributed by atoms with Crippen LogP contribution in [0.5, 0.6) is 23.0 Å². The maximum absolute atomic E-state index is 12.3. The van der Waals surface area contributed by atoms with Crippen molar-refractivity contribution in [2.45, 2.75) is 13.3 Å². The number of hydrogen-bond acceptors (Lipinski definition) is 6. The van der Waals surface area contributed by atoms with Gasteiger partial charge in [-0.15, -0.1) is 0 Å². The molecule has 2 aromatic rings. The Labute approximate surface area is 178 Å². The molecule has 0 aromatic heterocycles. The summed E-state index contributed by atoms with van der Waals surface area (Å²) in [7, 11) is 4.64. The van der Waals surface area contributed by atoms with Crippen LogP contribution in [0.2, 0.25) is 0 Å². The Kier molecular flexibility index (Phi) is 8.37. The van der Waals surface area contributed by atoms with Gasteiger partial charge >= 0.3 is 0 Å². The zero-order valence-electron chi connectivity index (χ0n) is 16.2. The predicted octanol–water partition coefficient (Wildman–Crippen LogP) is 3.87. The fraction of sp³-hybridized carbons (Fsp3) is 0.300. The van der Waals surface area contributed by atoms with Crippen molar-refractivity contribution >= 4 is 34.7 Å². The van der Waals surface area contributed by atoms with E-state index in [1.54, 1.807) is 37.6 Å². The molecule has 0 atom stereocenters. The van der Waals surface area contributed by atoms with E-state index in [9.17, 15) is 4.79 Å². The molecule has 0 heterocycles. The largest absolute Gasteiger partial charge is 0.493 e. The van der Waals surface area contributed by atoms with Crippen LogP contribution in [0.15, 0.2) is 35.4 Å². The highest BCUT2D eigenvalue weighted by Crippen LogP contribution is 2.33.